The standard InChI is InChI=1S/C20H27F3N4O2/c1-3-24-19(29)27-12-16(14-5-4-6-15(11-14)20(21,22)23)17(13-27)18(28)26-9-7-25(2)8-10-26/h4-6,11,16-17H,3,7-10,12-13H2,1-2H3,(H,24,29). The summed E-state index contributed by atoms with van der Waals surface area (Å²) in [7, 11) is 1.99. The number of nitrogens with zero attached hydrogens (tertiary/aromatic N) is 3. The van der Waals surface area contributed by atoms with E-state index in [1.165, 1.54) is 11.0 Å². The highest BCUT2D eigenvalue weighted by Gasteiger charge is 2.43. The molecule has 29 heavy (non-hydrogen) atoms. The van der Waals surface area contributed by atoms with Crippen LogP contribution in [0, 0.1) is 5.92 Å². The largest absolute Gasteiger partial charge is 0.416 e. The molecule has 1 aromatic carbocycles. The van der Waals surface area contributed by atoms with E-state index in [4.69, 9.17) is 0 Å². The number of rotatable bonds is 3. The van der Waals surface area contributed by atoms with Crippen molar-refractivity contribution in [2.24, 2.45) is 5.92 Å². The molecule has 2 atom stereocenters. The Morgan fingerprint density at radius 2 is 1.79 bits per heavy atom. The number of halogens is 3. The minimum absolute atomic E-state index is 0.0905. The maximum Gasteiger partial charge on any atom is 0.416 e. The van der Waals surface area contributed by atoms with Crippen LogP contribution in [-0.4, -0.2) is 79.5 Å². The SMILES string of the molecule is CCNC(=O)N1CC(C(=O)N2CCN(C)CC2)C(c2cccc(C(F)(F)F)c2)C1. The Kier molecular flexibility index (Phi) is 6.36. The lowest BCUT2D eigenvalue weighted by atomic mass is 9.87. The number of hydrogen-bond donors (Lipinski definition) is 1. The van der Waals surface area contributed by atoms with Crippen LogP contribution in [-0.2, 0) is 11.0 Å². The molecule has 0 aliphatic carbocycles. The predicted octanol–water partition coefficient (Wildman–Crippen LogP) is 2.22. The molecule has 2 fully saturated rings. The summed E-state index contributed by atoms with van der Waals surface area (Å²) < 4.78 is 39.6. The van der Waals surface area contributed by atoms with Crippen molar-refractivity contribution in [1.29, 1.82) is 0 Å². The topological polar surface area (TPSA) is 55.9 Å². The van der Waals surface area contributed by atoms with Crippen LogP contribution in [0.5, 0.6) is 0 Å². The summed E-state index contributed by atoms with van der Waals surface area (Å²) in [5.74, 6) is -1.11. The van der Waals surface area contributed by atoms with Gasteiger partial charge >= 0.3 is 12.2 Å². The van der Waals surface area contributed by atoms with Crippen LogP contribution >= 0.6 is 0 Å². The maximum absolute atomic E-state index is 13.2. The zero-order valence-electron chi connectivity index (χ0n) is 16.7. The molecule has 2 aliphatic heterocycles. The first-order chi connectivity index (χ1) is 13.7. The second-order valence-corrected chi connectivity index (χ2v) is 7.71. The van der Waals surface area contributed by atoms with E-state index in [2.05, 4.69) is 10.2 Å². The van der Waals surface area contributed by atoms with E-state index in [1.807, 2.05) is 7.05 Å². The molecular formula is C20H27F3N4O2. The van der Waals surface area contributed by atoms with Crippen LogP contribution in [0.4, 0.5) is 18.0 Å². The molecule has 3 amide bonds. The number of amides is 3. The van der Waals surface area contributed by atoms with Gasteiger partial charge in [0.1, 0.15) is 0 Å². The molecule has 0 radical (unpaired) electrons. The van der Waals surface area contributed by atoms with Gasteiger partial charge in [0.2, 0.25) is 5.91 Å². The van der Waals surface area contributed by atoms with Gasteiger partial charge in [-0.25, -0.2) is 4.79 Å². The first-order valence-electron chi connectivity index (χ1n) is 9.88. The summed E-state index contributed by atoms with van der Waals surface area (Å²) in [5, 5.41) is 2.72. The van der Waals surface area contributed by atoms with Crippen molar-refractivity contribution in [3.05, 3.63) is 35.4 Å². The Morgan fingerprint density at radius 3 is 2.41 bits per heavy atom. The third-order valence-corrected chi connectivity index (χ3v) is 5.71. The van der Waals surface area contributed by atoms with Gasteiger partial charge in [-0.05, 0) is 25.6 Å². The number of benzene rings is 1. The van der Waals surface area contributed by atoms with Crippen LogP contribution in [0.2, 0.25) is 0 Å². The third kappa shape index (κ3) is 4.83. The molecule has 1 aromatic rings. The van der Waals surface area contributed by atoms with Gasteiger partial charge in [-0.3, -0.25) is 4.79 Å². The van der Waals surface area contributed by atoms with E-state index in [1.54, 1.807) is 17.9 Å². The van der Waals surface area contributed by atoms with Crippen molar-refractivity contribution >= 4 is 11.9 Å². The van der Waals surface area contributed by atoms with Crippen molar-refractivity contribution in [3.63, 3.8) is 0 Å². The van der Waals surface area contributed by atoms with Gasteiger partial charge in [0.15, 0.2) is 0 Å². The molecule has 0 saturated carbocycles. The molecule has 3 rings (SSSR count). The Labute approximate surface area is 168 Å². The Bertz CT molecular complexity index is 747. The van der Waals surface area contributed by atoms with Crippen LogP contribution in [0.15, 0.2) is 24.3 Å². The minimum atomic E-state index is -4.45. The summed E-state index contributed by atoms with van der Waals surface area (Å²) in [6.45, 7) is 5.35. The highest BCUT2D eigenvalue weighted by molar-refractivity contribution is 5.83. The number of likely N-dealkylation sites (N-methyl/N-ethyl adjacent to an activating group) is 1. The zero-order valence-corrected chi connectivity index (χ0v) is 16.7. The Balaban J connectivity index is 1.87. The number of urea groups is 1. The smallest absolute Gasteiger partial charge is 0.340 e. The van der Waals surface area contributed by atoms with E-state index in [9.17, 15) is 22.8 Å². The number of carbonyl (C=O) groups excluding carboxylic acids is 2. The normalized spacial score (nSPS) is 23.3. The lowest BCUT2D eigenvalue weighted by molar-refractivity contribution is -0.137. The molecule has 2 aliphatic rings. The number of nitrogens with one attached hydrogen (secondary N) is 1. The fourth-order valence-corrected chi connectivity index (χ4v) is 4.03. The number of alkyl halides is 3. The predicted molar refractivity (Wildman–Crippen MR) is 102 cm³/mol. The molecule has 9 heteroatoms. The van der Waals surface area contributed by atoms with Crippen molar-refractivity contribution in [3.8, 4) is 0 Å². The van der Waals surface area contributed by atoms with E-state index in [0.29, 0.717) is 25.2 Å². The van der Waals surface area contributed by atoms with E-state index >= 15 is 0 Å². The average Bonchev–Trinajstić information content (AvgIpc) is 3.13. The molecule has 0 aromatic heterocycles. The maximum atomic E-state index is 13.2. The van der Waals surface area contributed by atoms with Crippen molar-refractivity contribution in [2.75, 3.05) is 52.9 Å². The molecule has 0 spiro atoms. The monoisotopic (exact) mass is 412 g/mol. The lowest BCUT2D eigenvalue weighted by Gasteiger charge is -2.35. The average molecular weight is 412 g/mol. The van der Waals surface area contributed by atoms with Crippen LogP contribution in [0.3, 0.4) is 0 Å². The molecule has 6 nitrogen and oxygen atoms in total. The van der Waals surface area contributed by atoms with Gasteiger partial charge in [-0.15, -0.1) is 0 Å². The highest BCUT2D eigenvalue weighted by atomic mass is 19.4. The molecule has 2 saturated heterocycles. The fourth-order valence-electron chi connectivity index (χ4n) is 4.03. The fraction of sp³-hybridized carbons (Fsp3) is 0.600. The second-order valence-electron chi connectivity index (χ2n) is 7.71. The molecule has 2 heterocycles. The molecular weight excluding hydrogens is 385 g/mol. The van der Waals surface area contributed by atoms with Crippen LogP contribution < -0.4 is 5.32 Å². The molecule has 1 N–H and O–H groups in total. The van der Waals surface area contributed by atoms with E-state index in [-0.39, 0.29) is 25.0 Å². The van der Waals surface area contributed by atoms with Crippen molar-refractivity contribution in [2.45, 2.75) is 19.0 Å². The number of hydrogen-bond acceptors (Lipinski definition) is 3. The van der Waals surface area contributed by atoms with Crippen LogP contribution in [0.1, 0.15) is 24.0 Å². The van der Waals surface area contributed by atoms with Crippen molar-refractivity contribution in [1.82, 2.24) is 20.0 Å². The molecule has 0 bridgehead atoms. The number of carbonyl (C=O) groups is 2. The van der Waals surface area contributed by atoms with Gasteiger partial charge in [-0.2, -0.15) is 13.2 Å². The van der Waals surface area contributed by atoms with Crippen molar-refractivity contribution < 1.29 is 22.8 Å². The van der Waals surface area contributed by atoms with E-state index in [0.717, 1.165) is 25.2 Å². The lowest BCUT2D eigenvalue weighted by Crippen LogP contribution is -2.50. The summed E-state index contributed by atoms with van der Waals surface area (Å²) in [5.41, 5.74) is -0.295. The quantitative estimate of drug-likeness (QED) is 0.829. The van der Waals surface area contributed by atoms with Gasteiger partial charge in [0.25, 0.3) is 0 Å². The number of piperazine rings is 1. The first-order valence-corrected chi connectivity index (χ1v) is 9.88. The van der Waals surface area contributed by atoms with Gasteiger partial charge < -0.3 is 20.0 Å². The van der Waals surface area contributed by atoms with Gasteiger partial charge in [0, 0.05) is 51.7 Å². The Morgan fingerprint density at radius 1 is 1.10 bits per heavy atom. The third-order valence-electron chi connectivity index (χ3n) is 5.71. The molecule has 2 unspecified atom stereocenters. The van der Waals surface area contributed by atoms with E-state index < -0.39 is 23.6 Å². The Hall–Kier alpha value is -2.29. The van der Waals surface area contributed by atoms with Gasteiger partial charge in [0.05, 0.1) is 11.5 Å². The second kappa shape index (κ2) is 8.61. The summed E-state index contributed by atoms with van der Waals surface area (Å²) >= 11 is 0. The first kappa shape index (κ1) is 21.4. The van der Waals surface area contributed by atoms with Gasteiger partial charge in [-0.1, -0.05) is 18.2 Å². The minimum Gasteiger partial charge on any atom is -0.340 e. The highest BCUT2D eigenvalue weighted by Crippen LogP contribution is 2.37. The zero-order chi connectivity index (χ0) is 21.2. The summed E-state index contributed by atoms with van der Waals surface area (Å²) in [4.78, 5) is 31.0. The summed E-state index contributed by atoms with van der Waals surface area (Å²) in [6.07, 6.45) is -4.45. The van der Waals surface area contributed by atoms with Crippen LogP contribution in [0.25, 0.3) is 0 Å². The number of likely N-dealkylation sites (tertiary alicyclic amines) is 1. The summed E-state index contributed by atoms with van der Waals surface area (Å²) in [6, 6.07) is 4.82. The molecule has 160 valence electrons.